The van der Waals surface area contributed by atoms with E-state index in [9.17, 15) is 9.90 Å². The molecule has 0 aromatic carbocycles. The number of rotatable bonds is 7. The van der Waals surface area contributed by atoms with Gasteiger partial charge in [0.05, 0.1) is 5.60 Å². The SMILES string of the molecule is CCCC(O)(CCC)CNC(=O)NC1CCN2CCCCC12. The van der Waals surface area contributed by atoms with Gasteiger partial charge in [0.15, 0.2) is 0 Å². The average molecular weight is 311 g/mol. The quantitative estimate of drug-likeness (QED) is 0.675. The highest BCUT2D eigenvalue weighted by molar-refractivity contribution is 5.74. The van der Waals surface area contributed by atoms with Gasteiger partial charge in [0.1, 0.15) is 0 Å². The van der Waals surface area contributed by atoms with Crippen LogP contribution in [0.25, 0.3) is 0 Å². The number of piperidine rings is 1. The zero-order valence-electron chi connectivity index (χ0n) is 14.2. The summed E-state index contributed by atoms with van der Waals surface area (Å²) in [6.07, 6.45) is 8.14. The molecular formula is C17H33N3O2. The normalized spacial score (nSPS) is 25.8. The van der Waals surface area contributed by atoms with Gasteiger partial charge in [-0.1, -0.05) is 33.1 Å². The summed E-state index contributed by atoms with van der Waals surface area (Å²) in [6.45, 7) is 6.76. The van der Waals surface area contributed by atoms with E-state index in [0.717, 1.165) is 38.6 Å². The third kappa shape index (κ3) is 4.59. The number of hydrogen-bond acceptors (Lipinski definition) is 3. The van der Waals surface area contributed by atoms with Crippen molar-refractivity contribution in [2.45, 2.75) is 82.9 Å². The van der Waals surface area contributed by atoms with E-state index >= 15 is 0 Å². The molecule has 5 nitrogen and oxygen atoms in total. The molecule has 2 aliphatic heterocycles. The van der Waals surface area contributed by atoms with E-state index < -0.39 is 5.60 Å². The van der Waals surface area contributed by atoms with Crippen molar-refractivity contribution in [3.05, 3.63) is 0 Å². The summed E-state index contributed by atoms with van der Waals surface area (Å²) >= 11 is 0. The number of hydrogen-bond donors (Lipinski definition) is 3. The first-order valence-corrected chi connectivity index (χ1v) is 9.09. The van der Waals surface area contributed by atoms with Gasteiger partial charge in [0.25, 0.3) is 0 Å². The molecule has 0 saturated carbocycles. The van der Waals surface area contributed by atoms with Crippen LogP contribution in [0, 0.1) is 0 Å². The van der Waals surface area contributed by atoms with Crippen molar-refractivity contribution in [2.24, 2.45) is 0 Å². The minimum atomic E-state index is -0.757. The third-order valence-electron chi connectivity index (χ3n) is 5.18. The van der Waals surface area contributed by atoms with Crippen LogP contribution in [-0.2, 0) is 0 Å². The van der Waals surface area contributed by atoms with Crippen LogP contribution >= 0.6 is 0 Å². The van der Waals surface area contributed by atoms with Crippen molar-refractivity contribution < 1.29 is 9.90 Å². The number of aliphatic hydroxyl groups is 1. The van der Waals surface area contributed by atoms with Crippen molar-refractivity contribution in [1.29, 1.82) is 0 Å². The van der Waals surface area contributed by atoms with Gasteiger partial charge in [-0.05, 0) is 38.6 Å². The highest BCUT2D eigenvalue weighted by atomic mass is 16.3. The number of fused-ring (bicyclic) bond motifs is 1. The zero-order chi connectivity index (χ0) is 16.0. The van der Waals surface area contributed by atoms with E-state index in [1.165, 1.54) is 25.8 Å². The topological polar surface area (TPSA) is 64.6 Å². The first kappa shape index (κ1) is 17.5. The molecule has 2 fully saturated rings. The summed E-state index contributed by atoms with van der Waals surface area (Å²) in [7, 11) is 0. The first-order valence-electron chi connectivity index (χ1n) is 9.09. The molecule has 3 N–H and O–H groups in total. The summed E-state index contributed by atoms with van der Waals surface area (Å²) in [5, 5.41) is 16.6. The van der Waals surface area contributed by atoms with E-state index in [4.69, 9.17) is 0 Å². The highest BCUT2D eigenvalue weighted by Gasteiger charge is 2.36. The number of amides is 2. The number of carbonyl (C=O) groups is 1. The number of carbonyl (C=O) groups excluding carboxylic acids is 1. The molecule has 2 unspecified atom stereocenters. The van der Waals surface area contributed by atoms with E-state index in [1.807, 2.05) is 0 Å². The van der Waals surface area contributed by atoms with Gasteiger partial charge < -0.3 is 15.7 Å². The lowest BCUT2D eigenvalue weighted by atomic mass is 9.93. The number of urea groups is 1. The van der Waals surface area contributed by atoms with Gasteiger partial charge in [0, 0.05) is 25.2 Å². The molecule has 2 amide bonds. The summed E-state index contributed by atoms with van der Waals surface area (Å²) in [5.41, 5.74) is -0.757. The maximum atomic E-state index is 12.2. The molecule has 2 heterocycles. The minimum Gasteiger partial charge on any atom is -0.388 e. The highest BCUT2D eigenvalue weighted by Crippen LogP contribution is 2.27. The van der Waals surface area contributed by atoms with Gasteiger partial charge >= 0.3 is 6.03 Å². The predicted octanol–water partition coefficient (Wildman–Crippen LogP) is 2.24. The summed E-state index contributed by atoms with van der Waals surface area (Å²) < 4.78 is 0. The molecule has 2 aliphatic rings. The van der Waals surface area contributed by atoms with Crippen LogP contribution in [0.5, 0.6) is 0 Å². The predicted molar refractivity (Wildman–Crippen MR) is 88.9 cm³/mol. The summed E-state index contributed by atoms with van der Waals surface area (Å²) in [6, 6.07) is 0.665. The fourth-order valence-electron chi connectivity index (χ4n) is 4.11. The summed E-state index contributed by atoms with van der Waals surface area (Å²) in [5.74, 6) is 0. The number of nitrogens with zero attached hydrogens (tertiary/aromatic N) is 1. The van der Waals surface area contributed by atoms with Gasteiger partial charge in [0.2, 0.25) is 0 Å². The van der Waals surface area contributed by atoms with Gasteiger partial charge in [-0.15, -0.1) is 0 Å². The van der Waals surface area contributed by atoms with Crippen LogP contribution in [0.1, 0.15) is 65.2 Å². The second kappa shape index (κ2) is 8.16. The van der Waals surface area contributed by atoms with Crippen LogP contribution in [0.4, 0.5) is 4.79 Å². The van der Waals surface area contributed by atoms with Gasteiger partial charge in [-0.3, -0.25) is 4.90 Å². The largest absolute Gasteiger partial charge is 0.388 e. The Morgan fingerprint density at radius 2 is 1.91 bits per heavy atom. The van der Waals surface area contributed by atoms with E-state index in [-0.39, 0.29) is 12.1 Å². The van der Waals surface area contributed by atoms with Crippen LogP contribution < -0.4 is 10.6 Å². The lowest BCUT2D eigenvalue weighted by molar-refractivity contribution is 0.0239. The van der Waals surface area contributed by atoms with Crippen LogP contribution in [0.15, 0.2) is 0 Å². The maximum Gasteiger partial charge on any atom is 0.315 e. The van der Waals surface area contributed by atoms with Crippen LogP contribution in [0.3, 0.4) is 0 Å². The molecule has 0 spiro atoms. The molecule has 0 aromatic heterocycles. The lowest BCUT2D eigenvalue weighted by Gasteiger charge is -2.33. The molecule has 0 aromatic rings. The fourth-order valence-corrected chi connectivity index (χ4v) is 4.11. The first-order chi connectivity index (χ1) is 10.6. The Bertz CT molecular complexity index is 356. The molecule has 2 rings (SSSR count). The zero-order valence-corrected chi connectivity index (χ0v) is 14.2. The van der Waals surface area contributed by atoms with Crippen molar-refractivity contribution in [2.75, 3.05) is 19.6 Å². The Kier molecular flexibility index (Phi) is 6.50. The van der Waals surface area contributed by atoms with E-state index in [1.54, 1.807) is 0 Å². The van der Waals surface area contributed by atoms with Crippen LogP contribution in [0.2, 0.25) is 0 Å². The van der Waals surface area contributed by atoms with Crippen molar-refractivity contribution in [3.63, 3.8) is 0 Å². The maximum absolute atomic E-state index is 12.2. The standard InChI is InChI=1S/C17H33N3O2/c1-3-9-17(22,10-4-2)13-18-16(21)19-14-8-12-20-11-6-5-7-15(14)20/h14-15,22H,3-13H2,1-2H3,(H2,18,19,21). The Balaban J connectivity index is 1.77. The molecule has 0 aliphatic carbocycles. The van der Waals surface area contributed by atoms with Gasteiger partial charge in [-0.2, -0.15) is 0 Å². The summed E-state index contributed by atoms with van der Waals surface area (Å²) in [4.78, 5) is 14.7. The molecule has 2 saturated heterocycles. The Morgan fingerprint density at radius 3 is 2.59 bits per heavy atom. The monoisotopic (exact) mass is 311 g/mol. The minimum absolute atomic E-state index is 0.122. The van der Waals surface area contributed by atoms with E-state index in [0.29, 0.717) is 12.6 Å². The average Bonchev–Trinajstić information content (AvgIpc) is 2.89. The molecule has 2 atom stereocenters. The molecular weight excluding hydrogens is 278 g/mol. The molecule has 22 heavy (non-hydrogen) atoms. The van der Waals surface area contributed by atoms with Crippen molar-refractivity contribution >= 4 is 6.03 Å². The Labute approximate surface area is 134 Å². The second-order valence-electron chi connectivity index (χ2n) is 7.05. The Morgan fingerprint density at radius 1 is 1.18 bits per heavy atom. The van der Waals surface area contributed by atoms with Crippen molar-refractivity contribution in [1.82, 2.24) is 15.5 Å². The lowest BCUT2D eigenvalue weighted by Crippen LogP contribution is -2.52. The Hall–Kier alpha value is -0.810. The fraction of sp³-hybridized carbons (Fsp3) is 0.941. The number of nitrogens with one attached hydrogen (secondary N) is 2. The molecule has 128 valence electrons. The van der Waals surface area contributed by atoms with Crippen molar-refractivity contribution in [3.8, 4) is 0 Å². The van der Waals surface area contributed by atoms with Gasteiger partial charge in [-0.25, -0.2) is 4.79 Å². The van der Waals surface area contributed by atoms with Crippen LogP contribution in [-0.4, -0.2) is 53.4 Å². The molecule has 5 heteroatoms. The third-order valence-corrected chi connectivity index (χ3v) is 5.18. The molecule has 0 radical (unpaired) electrons. The second-order valence-corrected chi connectivity index (χ2v) is 7.05. The molecule has 0 bridgehead atoms. The van der Waals surface area contributed by atoms with E-state index in [2.05, 4.69) is 29.4 Å². The smallest absolute Gasteiger partial charge is 0.315 e.